The van der Waals surface area contributed by atoms with Crippen LogP contribution in [0.4, 0.5) is 0 Å². The van der Waals surface area contributed by atoms with Crippen molar-refractivity contribution in [2.75, 3.05) is 26.4 Å². The number of carbonyl (C=O) groups is 6. The van der Waals surface area contributed by atoms with Crippen LogP contribution < -0.4 is 9.47 Å². The van der Waals surface area contributed by atoms with Gasteiger partial charge in [-0.25, -0.2) is 9.59 Å². The van der Waals surface area contributed by atoms with Crippen molar-refractivity contribution in [1.82, 2.24) is 0 Å². The second kappa shape index (κ2) is 28.0. The fourth-order valence-corrected chi connectivity index (χ4v) is 10.8. The number of hydrogen-bond acceptors (Lipinski definition) is 12. The normalized spacial score (nSPS) is 25.4. The summed E-state index contributed by atoms with van der Waals surface area (Å²) < 4.78 is 33.1. The molecule has 0 spiro atoms. The highest BCUT2D eigenvalue weighted by atomic mass is 16.6. The summed E-state index contributed by atoms with van der Waals surface area (Å²) in [5.41, 5.74) is 1.59. The van der Waals surface area contributed by atoms with E-state index in [9.17, 15) is 28.8 Å². The van der Waals surface area contributed by atoms with E-state index in [4.69, 9.17) is 28.4 Å². The molecule has 0 bridgehead atoms. The van der Waals surface area contributed by atoms with Crippen molar-refractivity contribution in [1.29, 1.82) is 0 Å². The van der Waals surface area contributed by atoms with Gasteiger partial charge in [-0.2, -0.15) is 0 Å². The van der Waals surface area contributed by atoms with Crippen LogP contribution in [0.3, 0.4) is 0 Å². The molecule has 366 valence electrons. The zero-order valence-electron chi connectivity index (χ0n) is 40.0. The van der Waals surface area contributed by atoms with Crippen molar-refractivity contribution >= 4 is 35.8 Å². The highest BCUT2D eigenvalue weighted by Gasteiger charge is 2.37. The zero-order chi connectivity index (χ0) is 47.3. The van der Waals surface area contributed by atoms with Crippen LogP contribution >= 0.6 is 0 Å². The highest BCUT2D eigenvalue weighted by Crippen LogP contribution is 2.44. The maximum Gasteiger partial charge on any atom is 0.330 e. The van der Waals surface area contributed by atoms with Gasteiger partial charge in [0.2, 0.25) is 0 Å². The van der Waals surface area contributed by atoms with Crippen molar-refractivity contribution in [3.63, 3.8) is 0 Å². The predicted molar refractivity (Wildman–Crippen MR) is 250 cm³/mol. The van der Waals surface area contributed by atoms with Crippen molar-refractivity contribution in [2.24, 2.45) is 47.3 Å². The molecule has 0 radical (unpaired) electrons. The lowest BCUT2D eigenvalue weighted by Gasteiger charge is -2.37. The lowest BCUT2D eigenvalue weighted by molar-refractivity contribution is -0.151. The molecular formula is C54H78O12. The molecule has 0 aromatic heterocycles. The van der Waals surface area contributed by atoms with Gasteiger partial charge in [0.1, 0.15) is 11.5 Å². The molecule has 1 aromatic carbocycles. The first kappa shape index (κ1) is 52.5. The Morgan fingerprint density at radius 2 is 0.667 bits per heavy atom. The molecule has 4 aliphatic carbocycles. The molecule has 0 saturated heterocycles. The minimum absolute atomic E-state index is 0.0278. The molecule has 5 rings (SSSR count). The van der Waals surface area contributed by atoms with Crippen molar-refractivity contribution in [3.8, 4) is 11.5 Å². The van der Waals surface area contributed by atoms with E-state index in [1.165, 1.54) is 0 Å². The van der Waals surface area contributed by atoms with Crippen molar-refractivity contribution in [2.45, 2.75) is 168 Å². The van der Waals surface area contributed by atoms with Gasteiger partial charge in [-0.1, -0.05) is 13.2 Å². The summed E-state index contributed by atoms with van der Waals surface area (Å²) in [6, 6.07) is 3.50. The molecule has 12 heteroatoms. The highest BCUT2D eigenvalue weighted by molar-refractivity contribution is 5.81. The Balaban J connectivity index is 0.923. The Labute approximate surface area is 393 Å². The predicted octanol–water partition coefficient (Wildman–Crippen LogP) is 11.0. The first-order chi connectivity index (χ1) is 32.0. The van der Waals surface area contributed by atoms with Gasteiger partial charge in [-0.3, -0.25) is 19.2 Å². The largest absolute Gasteiger partial charge is 0.465 e. The maximum absolute atomic E-state index is 13.4. The minimum Gasteiger partial charge on any atom is -0.465 e. The van der Waals surface area contributed by atoms with Crippen molar-refractivity contribution < 1.29 is 57.2 Å². The van der Waals surface area contributed by atoms with Gasteiger partial charge in [0, 0.05) is 12.2 Å². The Bertz CT molecular complexity index is 1630. The maximum atomic E-state index is 13.4. The van der Waals surface area contributed by atoms with E-state index in [1.807, 2.05) is 13.8 Å². The van der Waals surface area contributed by atoms with Gasteiger partial charge in [-0.05, 0) is 215 Å². The molecule has 4 aliphatic rings. The Kier molecular flexibility index (Phi) is 22.3. The van der Waals surface area contributed by atoms with E-state index in [2.05, 4.69) is 13.2 Å². The molecule has 0 amide bonds. The summed E-state index contributed by atoms with van der Waals surface area (Å²) in [4.78, 5) is 74.4. The zero-order valence-corrected chi connectivity index (χ0v) is 40.0. The number of rotatable bonds is 24. The first-order valence-corrected chi connectivity index (χ1v) is 25.4. The molecule has 66 heavy (non-hydrogen) atoms. The standard InChI is InChI=1S/C54H78O12/c1-5-49(55)61-33-11-7-9-13-35-63-51(57)43-23-15-39(16-24-43)41-19-27-45(28-20-41)53(59)65-47-31-32-48(38(4)37(47)3)66-54(60)46-29-21-42(22-30-46)40-17-25-44(26-18-40)52(58)64-36-14-10-8-12-34-62-50(56)6-2/h5-6,31-32,39-46H,1-2,7-30,33-36H2,3-4H3. The van der Waals surface area contributed by atoms with E-state index in [-0.39, 0.29) is 47.5 Å². The summed E-state index contributed by atoms with van der Waals surface area (Å²) in [7, 11) is 0. The van der Waals surface area contributed by atoms with E-state index < -0.39 is 11.9 Å². The van der Waals surface area contributed by atoms with Crippen LogP contribution in [0.25, 0.3) is 0 Å². The summed E-state index contributed by atoms with van der Waals surface area (Å²) in [6.07, 6.45) is 23.9. The fourth-order valence-electron chi connectivity index (χ4n) is 10.8. The Morgan fingerprint density at radius 1 is 0.409 bits per heavy atom. The first-order valence-electron chi connectivity index (χ1n) is 25.4. The quantitative estimate of drug-likeness (QED) is 0.0318. The van der Waals surface area contributed by atoms with Crippen LogP contribution in [-0.4, -0.2) is 62.2 Å². The molecule has 0 aliphatic heterocycles. The number of esters is 6. The Hall–Kier alpha value is -4.48. The number of ether oxygens (including phenoxy) is 6. The second-order valence-corrected chi connectivity index (χ2v) is 19.5. The number of carbonyl (C=O) groups excluding carboxylic acids is 6. The lowest BCUT2D eigenvalue weighted by Crippen LogP contribution is -2.32. The minimum atomic E-state index is -0.400. The molecular weight excluding hydrogens is 841 g/mol. The van der Waals surface area contributed by atoms with Crippen LogP contribution in [-0.2, 0) is 47.7 Å². The van der Waals surface area contributed by atoms with E-state index >= 15 is 0 Å². The second-order valence-electron chi connectivity index (χ2n) is 19.5. The molecule has 4 saturated carbocycles. The monoisotopic (exact) mass is 919 g/mol. The topological polar surface area (TPSA) is 158 Å². The van der Waals surface area contributed by atoms with E-state index in [1.54, 1.807) is 12.1 Å². The average Bonchev–Trinajstić information content (AvgIpc) is 3.35. The summed E-state index contributed by atoms with van der Waals surface area (Å²) in [5.74, 6) is 1.60. The number of hydrogen-bond donors (Lipinski definition) is 0. The van der Waals surface area contributed by atoms with Crippen LogP contribution in [0.2, 0.25) is 0 Å². The molecule has 12 nitrogen and oxygen atoms in total. The van der Waals surface area contributed by atoms with Gasteiger partial charge < -0.3 is 28.4 Å². The summed E-state index contributed by atoms with van der Waals surface area (Å²) in [5, 5.41) is 0. The Morgan fingerprint density at radius 3 is 0.939 bits per heavy atom. The smallest absolute Gasteiger partial charge is 0.330 e. The summed E-state index contributed by atoms with van der Waals surface area (Å²) >= 11 is 0. The SMILES string of the molecule is C=CC(=O)OCCCCCCOC(=O)C1CCC(C2CCC(C(=O)Oc3ccc(OC(=O)C4CCC(C5CCC(C(=O)OCCCCCCOC(=O)C=C)CC5)CC4)c(C)c3C)CC2)CC1. The molecule has 0 heterocycles. The molecule has 1 aromatic rings. The van der Waals surface area contributed by atoms with Gasteiger partial charge in [-0.15, -0.1) is 0 Å². The van der Waals surface area contributed by atoms with Gasteiger partial charge in [0.15, 0.2) is 0 Å². The van der Waals surface area contributed by atoms with Gasteiger partial charge >= 0.3 is 35.8 Å². The van der Waals surface area contributed by atoms with Crippen LogP contribution in [0, 0.1) is 61.2 Å². The molecule has 0 unspecified atom stereocenters. The van der Waals surface area contributed by atoms with Gasteiger partial charge in [0.05, 0.1) is 50.1 Å². The molecule has 4 fully saturated rings. The van der Waals surface area contributed by atoms with E-state index in [0.29, 0.717) is 61.6 Å². The summed E-state index contributed by atoms with van der Waals surface area (Å²) in [6.45, 7) is 12.2. The third-order valence-electron chi connectivity index (χ3n) is 15.3. The third kappa shape index (κ3) is 16.7. The number of benzene rings is 1. The fraction of sp³-hybridized carbons (Fsp3) is 0.704. The van der Waals surface area contributed by atoms with Crippen LogP contribution in [0.1, 0.15) is 165 Å². The van der Waals surface area contributed by atoms with Crippen molar-refractivity contribution in [3.05, 3.63) is 48.6 Å². The third-order valence-corrected chi connectivity index (χ3v) is 15.3. The molecule has 0 N–H and O–H groups in total. The number of unbranched alkanes of at least 4 members (excludes halogenated alkanes) is 6. The molecule has 0 atom stereocenters. The van der Waals surface area contributed by atoms with Crippen LogP contribution in [0.15, 0.2) is 37.4 Å². The average molecular weight is 919 g/mol. The van der Waals surface area contributed by atoms with Gasteiger partial charge in [0.25, 0.3) is 0 Å². The lowest BCUT2D eigenvalue weighted by atomic mass is 9.69. The van der Waals surface area contributed by atoms with Crippen LogP contribution in [0.5, 0.6) is 11.5 Å². The van der Waals surface area contributed by atoms with E-state index in [0.717, 1.165) is 177 Å².